The Morgan fingerprint density at radius 3 is 2.86 bits per heavy atom. The standard InChI is InChI=1S/C16H18N2O3/c1-11-10-13(7-6-12(11)4-3-9-19)16(21)18-8-2-5-14(18)15(17)20/h6-7,10,14,19H,2,5,8-9H2,1H3,(H2,17,20). The Bertz CT molecular complexity index is 628. The van der Waals surface area contributed by atoms with Gasteiger partial charge in [-0.15, -0.1) is 0 Å². The molecule has 0 aromatic heterocycles. The third kappa shape index (κ3) is 3.23. The van der Waals surface area contributed by atoms with Crippen molar-refractivity contribution in [1.82, 2.24) is 4.90 Å². The fraction of sp³-hybridized carbons (Fsp3) is 0.375. The zero-order valence-electron chi connectivity index (χ0n) is 11.9. The molecule has 1 saturated heterocycles. The highest BCUT2D eigenvalue weighted by molar-refractivity contribution is 5.98. The maximum absolute atomic E-state index is 12.5. The summed E-state index contributed by atoms with van der Waals surface area (Å²) < 4.78 is 0. The number of aliphatic hydroxyl groups is 1. The van der Waals surface area contributed by atoms with Crippen molar-refractivity contribution in [1.29, 1.82) is 0 Å². The number of carbonyl (C=O) groups is 2. The van der Waals surface area contributed by atoms with Crippen LogP contribution >= 0.6 is 0 Å². The Labute approximate surface area is 123 Å². The van der Waals surface area contributed by atoms with Gasteiger partial charge in [0.05, 0.1) is 0 Å². The molecule has 0 bridgehead atoms. The van der Waals surface area contributed by atoms with Crippen molar-refractivity contribution in [2.75, 3.05) is 13.2 Å². The second-order valence-electron chi connectivity index (χ2n) is 5.05. The molecule has 1 aliphatic heterocycles. The van der Waals surface area contributed by atoms with Gasteiger partial charge >= 0.3 is 0 Å². The number of likely N-dealkylation sites (tertiary alicyclic amines) is 1. The van der Waals surface area contributed by atoms with Gasteiger partial charge < -0.3 is 15.7 Å². The van der Waals surface area contributed by atoms with E-state index < -0.39 is 11.9 Å². The normalized spacial score (nSPS) is 17.2. The van der Waals surface area contributed by atoms with Gasteiger partial charge in [0.15, 0.2) is 0 Å². The molecular weight excluding hydrogens is 268 g/mol. The fourth-order valence-electron chi connectivity index (χ4n) is 2.54. The summed E-state index contributed by atoms with van der Waals surface area (Å²) in [6, 6.07) is 4.68. The number of nitrogens with two attached hydrogens (primary N) is 1. The van der Waals surface area contributed by atoms with Crippen molar-refractivity contribution >= 4 is 11.8 Å². The summed E-state index contributed by atoms with van der Waals surface area (Å²) in [6.45, 7) is 2.21. The summed E-state index contributed by atoms with van der Waals surface area (Å²) in [5.41, 5.74) is 7.49. The number of aryl methyl sites for hydroxylation is 1. The Hall–Kier alpha value is -2.32. The molecule has 0 saturated carbocycles. The molecule has 1 fully saturated rings. The van der Waals surface area contributed by atoms with E-state index in [-0.39, 0.29) is 12.5 Å². The highest BCUT2D eigenvalue weighted by Crippen LogP contribution is 2.21. The molecule has 1 atom stereocenters. The number of hydrogen-bond acceptors (Lipinski definition) is 3. The van der Waals surface area contributed by atoms with E-state index in [0.717, 1.165) is 17.5 Å². The molecule has 5 nitrogen and oxygen atoms in total. The smallest absolute Gasteiger partial charge is 0.254 e. The van der Waals surface area contributed by atoms with Crippen LogP contribution in [0.3, 0.4) is 0 Å². The lowest BCUT2D eigenvalue weighted by atomic mass is 10.0. The predicted molar refractivity (Wildman–Crippen MR) is 78.4 cm³/mol. The number of aliphatic hydroxyl groups excluding tert-OH is 1. The first kappa shape index (κ1) is 15.1. The Kier molecular flexibility index (Phi) is 4.61. The number of amides is 2. The first-order chi connectivity index (χ1) is 10.0. The van der Waals surface area contributed by atoms with Crippen LogP contribution in [-0.4, -0.2) is 41.0 Å². The first-order valence-corrected chi connectivity index (χ1v) is 6.85. The SMILES string of the molecule is Cc1cc(C(=O)N2CCCC2C(N)=O)ccc1C#CCO. The van der Waals surface area contributed by atoms with Gasteiger partial charge in [-0.25, -0.2) is 0 Å². The third-order valence-electron chi connectivity index (χ3n) is 3.62. The van der Waals surface area contributed by atoms with Crippen molar-refractivity contribution in [3.63, 3.8) is 0 Å². The van der Waals surface area contributed by atoms with Crippen molar-refractivity contribution in [2.24, 2.45) is 5.73 Å². The molecule has 2 rings (SSSR count). The molecular formula is C16H18N2O3. The summed E-state index contributed by atoms with van der Waals surface area (Å²) in [5, 5.41) is 8.71. The number of hydrogen-bond donors (Lipinski definition) is 2. The van der Waals surface area contributed by atoms with Crippen LogP contribution in [0, 0.1) is 18.8 Å². The summed E-state index contributed by atoms with van der Waals surface area (Å²) >= 11 is 0. The van der Waals surface area contributed by atoms with Gasteiger partial charge in [-0.1, -0.05) is 11.8 Å². The molecule has 1 aliphatic rings. The van der Waals surface area contributed by atoms with Crippen LogP contribution in [0.15, 0.2) is 18.2 Å². The Morgan fingerprint density at radius 1 is 1.48 bits per heavy atom. The molecule has 21 heavy (non-hydrogen) atoms. The first-order valence-electron chi connectivity index (χ1n) is 6.85. The molecule has 1 heterocycles. The van der Waals surface area contributed by atoms with Crippen molar-refractivity contribution in [2.45, 2.75) is 25.8 Å². The van der Waals surface area contributed by atoms with Crippen molar-refractivity contribution in [3.8, 4) is 11.8 Å². The van der Waals surface area contributed by atoms with Crippen LogP contribution in [0.25, 0.3) is 0 Å². The van der Waals surface area contributed by atoms with E-state index in [2.05, 4.69) is 11.8 Å². The van der Waals surface area contributed by atoms with Crippen LogP contribution in [0.1, 0.15) is 34.3 Å². The molecule has 1 unspecified atom stereocenters. The van der Waals surface area contributed by atoms with Crippen LogP contribution in [0.4, 0.5) is 0 Å². The molecule has 1 aromatic rings. The Morgan fingerprint density at radius 2 is 2.24 bits per heavy atom. The predicted octanol–water partition coefficient (Wildman–Crippen LogP) is 0.429. The largest absolute Gasteiger partial charge is 0.384 e. The topological polar surface area (TPSA) is 83.6 Å². The molecule has 3 N–H and O–H groups in total. The van der Waals surface area contributed by atoms with E-state index in [1.165, 1.54) is 4.90 Å². The lowest BCUT2D eigenvalue weighted by molar-refractivity contribution is -0.121. The number of rotatable bonds is 2. The second kappa shape index (κ2) is 6.42. The minimum atomic E-state index is -0.508. The molecule has 110 valence electrons. The quantitative estimate of drug-likeness (QED) is 0.773. The van der Waals surface area contributed by atoms with Crippen molar-refractivity contribution < 1.29 is 14.7 Å². The van der Waals surface area contributed by atoms with Crippen LogP contribution in [-0.2, 0) is 4.79 Å². The molecule has 1 aromatic carbocycles. The minimum absolute atomic E-state index is 0.180. The van der Waals surface area contributed by atoms with E-state index in [0.29, 0.717) is 18.5 Å². The lowest BCUT2D eigenvalue weighted by Crippen LogP contribution is -2.43. The van der Waals surface area contributed by atoms with Gasteiger partial charge in [0.25, 0.3) is 5.91 Å². The zero-order valence-corrected chi connectivity index (χ0v) is 11.9. The maximum Gasteiger partial charge on any atom is 0.254 e. The fourth-order valence-corrected chi connectivity index (χ4v) is 2.54. The van der Waals surface area contributed by atoms with Gasteiger partial charge in [0.2, 0.25) is 5.91 Å². The van der Waals surface area contributed by atoms with Gasteiger partial charge in [-0.05, 0) is 43.5 Å². The zero-order chi connectivity index (χ0) is 15.4. The van der Waals surface area contributed by atoms with Crippen LogP contribution < -0.4 is 5.73 Å². The third-order valence-corrected chi connectivity index (χ3v) is 3.62. The summed E-state index contributed by atoms with van der Waals surface area (Å²) in [4.78, 5) is 25.4. The van der Waals surface area contributed by atoms with Gasteiger partial charge in [-0.3, -0.25) is 9.59 Å². The molecule has 2 amide bonds. The van der Waals surface area contributed by atoms with Crippen molar-refractivity contribution in [3.05, 3.63) is 34.9 Å². The molecule has 0 radical (unpaired) electrons. The van der Waals surface area contributed by atoms with E-state index in [4.69, 9.17) is 10.8 Å². The average Bonchev–Trinajstić information content (AvgIpc) is 2.94. The van der Waals surface area contributed by atoms with Gasteiger partial charge in [0, 0.05) is 17.7 Å². The van der Waals surface area contributed by atoms with Gasteiger partial charge in [0.1, 0.15) is 12.6 Å². The highest BCUT2D eigenvalue weighted by atomic mass is 16.2. The number of primary amides is 1. The summed E-state index contributed by atoms with van der Waals surface area (Å²) in [7, 11) is 0. The Balaban J connectivity index is 2.24. The summed E-state index contributed by atoms with van der Waals surface area (Å²) in [6.07, 6.45) is 1.42. The molecule has 0 aliphatic carbocycles. The van der Waals surface area contributed by atoms with Crippen LogP contribution in [0.2, 0.25) is 0 Å². The number of carbonyl (C=O) groups excluding carboxylic acids is 2. The number of benzene rings is 1. The van der Waals surface area contributed by atoms with E-state index in [9.17, 15) is 9.59 Å². The monoisotopic (exact) mass is 286 g/mol. The van der Waals surface area contributed by atoms with E-state index >= 15 is 0 Å². The lowest BCUT2D eigenvalue weighted by Gasteiger charge is -2.22. The molecule has 5 heteroatoms. The maximum atomic E-state index is 12.5. The van der Waals surface area contributed by atoms with E-state index in [1.807, 2.05) is 6.92 Å². The summed E-state index contributed by atoms with van der Waals surface area (Å²) in [5.74, 6) is 4.77. The number of nitrogens with zero attached hydrogens (tertiary/aromatic N) is 1. The van der Waals surface area contributed by atoms with Gasteiger partial charge in [-0.2, -0.15) is 0 Å². The highest BCUT2D eigenvalue weighted by Gasteiger charge is 2.33. The average molecular weight is 286 g/mol. The second-order valence-corrected chi connectivity index (χ2v) is 5.05. The van der Waals surface area contributed by atoms with Crippen LogP contribution in [0.5, 0.6) is 0 Å². The van der Waals surface area contributed by atoms with E-state index in [1.54, 1.807) is 18.2 Å². The minimum Gasteiger partial charge on any atom is -0.384 e. The molecule has 0 spiro atoms.